The molecule has 2 unspecified atom stereocenters. The number of nitrogens with zero attached hydrogens (tertiary/aromatic N) is 2. The first-order chi connectivity index (χ1) is 8.58. The molecule has 1 N–H and O–H groups in total. The average molecular weight is 254 g/mol. The number of likely N-dealkylation sites (N-methyl/N-ethyl adjacent to an activating group) is 1. The number of piperidine rings is 1. The van der Waals surface area contributed by atoms with Crippen molar-refractivity contribution < 1.29 is 14.7 Å². The first-order valence-corrected chi connectivity index (χ1v) is 6.78. The smallest absolute Gasteiger partial charge is 0.303 e. The van der Waals surface area contributed by atoms with E-state index in [2.05, 4.69) is 4.90 Å². The molecule has 0 aromatic carbocycles. The van der Waals surface area contributed by atoms with E-state index in [9.17, 15) is 9.59 Å². The molecule has 5 nitrogen and oxygen atoms in total. The van der Waals surface area contributed by atoms with E-state index in [1.165, 1.54) is 0 Å². The lowest BCUT2D eigenvalue weighted by Gasteiger charge is -2.35. The molecule has 2 rings (SSSR count). The number of carboxylic acids is 1. The molecule has 0 aromatic heterocycles. The molecule has 0 aromatic rings. The van der Waals surface area contributed by atoms with Crippen LogP contribution in [-0.4, -0.2) is 59.5 Å². The Bertz CT molecular complexity index is 332. The summed E-state index contributed by atoms with van der Waals surface area (Å²) in [6.45, 7) is 2.71. The molecule has 2 aliphatic rings. The molecular formula is C13H22N2O3. The summed E-state index contributed by atoms with van der Waals surface area (Å²) in [7, 11) is 1.86. The van der Waals surface area contributed by atoms with Crippen molar-refractivity contribution in [1.82, 2.24) is 9.80 Å². The van der Waals surface area contributed by atoms with Gasteiger partial charge < -0.3 is 10.0 Å². The molecule has 0 aliphatic carbocycles. The Morgan fingerprint density at radius 2 is 2.17 bits per heavy atom. The molecule has 1 amide bonds. The van der Waals surface area contributed by atoms with Crippen molar-refractivity contribution in [2.75, 3.05) is 26.7 Å². The summed E-state index contributed by atoms with van der Waals surface area (Å²) in [6.07, 6.45) is 4.08. The number of likely N-dealkylation sites (tertiary alicyclic amines) is 2. The topological polar surface area (TPSA) is 60.9 Å². The molecule has 0 spiro atoms. The van der Waals surface area contributed by atoms with E-state index in [0.717, 1.165) is 45.3 Å². The van der Waals surface area contributed by atoms with Crippen LogP contribution in [0.15, 0.2) is 0 Å². The second-order valence-corrected chi connectivity index (χ2v) is 5.50. The van der Waals surface area contributed by atoms with Gasteiger partial charge in [0.25, 0.3) is 0 Å². The first kappa shape index (κ1) is 13.3. The number of carboxylic acid groups (broad SMARTS) is 1. The van der Waals surface area contributed by atoms with Gasteiger partial charge in [0.05, 0.1) is 6.04 Å². The minimum atomic E-state index is -0.719. The van der Waals surface area contributed by atoms with Gasteiger partial charge in [-0.15, -0.1) is 0 Å². The molecule has 2 aliphatic heterocycles. The zero-order valence-electron chi connectivity index (χ0n) is 11.0. The standard InChI is InChI=1S/C13H22N2O3/c1-14-8-6-11(13(14)18)15-7-2-3-10(9-15)4-5-12(16)17/h10-11H,2-9H2,1H3,(H,16,17). The van der Waals surface area contributed by atoms with E-state index in [1.807, 2.05) is 7.05 Å². The van der Waals surface area contributed by atoms with Gasteiger partial charge in [0, 0.05) is 26.6 Å². The minimum Gasteiger partial charge on any atom is -0.481 e. The lowest BCUT2D eigenvalue weighted by atomic mass is 9.92. The SMILES string of the molecule is CN1CCC(N2CCCC(CCC(=O)O)C2)C1=O. The molecule has 2 saturated heterocycles. The number of hydrogen-bond donors (Lipinski definition) is 1. The Morgan fingerprint density at radius 1 is 1.39 bits per heavy atom. The van der Waals surface area contributed by atoms with Gasteiger partial charge in [0.2, 0.25) is 5.91 Å². The van der Waals surface area contributed by atoms with Crippen LogP contribution in [0.4, 0.5) is 0 Å². The van der Waals surface area contributed by atoms with Crippen LogP contribution < -0.4 is 0 Å². The maximum atomic E-state index is 12.0. The molecule has 0 radical (unpaired) electrons. The van der Waals surface area contributed by atoms with Gasteiger partial charge in [-0.05, 0) is 38.1 Å². The van der Waals surface area contributed by atoms with Crippen LogP contribution in [0, 0.1) is 5.92 Å². The predicted octanol–water partition coefficient (Wildman–Crippen LogP) is 0.794. The van der Waals surface area contributed by atoms with Crippen molar-refractivity contribution in [2.45, 2.75) is 38.1 Å². The highest BCUT2D eigenvalue weighted by atomic mass is 16.4. The van der Waals surface area contributed by atoms with Crippen LogP contribution in [0.3, 0.4) is 0 Å². The van der Waals surface area contributed by atoms with Crippen molar-refractivity contribution in [3.8, 4) is 0 Å². The Kier molecular flexibility index (Phi) is 4.22. The summed E-state index contributed by atoms with van der Waals surface area (Å²) in [4.78, 5) is 26.6. The second-order valence-electron chi connectivity index (χ2n) is 5.50. The largest absolute Gasteiger partial charge is 0.481 e. The predicted molar refractivity (Wildman–Crippen MR) is 67.2 cm³/mol. The van der Waals surface area contributed by atoms with Gasteiger partial charge in [0.15, 0.2) is 0 Å². The molecule has 102 valence electrons. The van der Waals surface area contributed by atoms with Crippen LogP contribution in [0.1, 0.15) is 32.1 Å². The van der Waals surface area contributed by atoms with Crippen LogP contribution in [-0.2, 0) is 9.59 Å². The van der Waals surface area contributed by atoms with Gasteiger partial charge >= 0.3 is 5.97 Å². The lowest BCUT2D eigenvalue weighted by Crippen LogP contribution is -2.46. The summed E-state index contributed by atoms with van der Waals surface area (Å²) in [5.41, 5.74) is 0. The molecule has 0 saturated carbocycles. The van der Waals surface area contributed by atoms with Gasteiger partial charge in [-0.1, -0.05) is 0 Å². The summed E-state index contributed by atoms with van der Waals surface area (Å²) < 4.78 is 0. The van der Waals surface area contributed by atoms with E-state index in [0.29, 0.717) is 5.92 Å². The summed E-state index contributed by atoms with van der Waals surface area (Å²) in [6, 6.07) is 0.0441. The minimum absolute atomic E-state index is 0.0441. The normalized spacial score (nSPS) is 29.8. The number of rotatable bonds is 4. The van der Waals surface area contributed by atoms with Crippen molar-refractivity contribution in [3.63, 3.8) is 0 Å². The second kappa shape index (κ2) is 5.69. The van der Waals surface area contributed by atoms with Crippen molar-refractivity contribution in [3.05, 3.63) is 0 Å². The highest BCUT2D eigenvalue weighted by Crippen LogP contribution is 2.25. The maximum Gasteiger partial charge on any atom is 0.303 e. The molecule has 2 heterocycles. The molecule has 18 heavy (non-hydrogen) atoms. The number of amides is 1. The lowest BCUT2D eigenvalue weighted by molar-refractivity contribution is -0.137. The first-order valence-electron chi connectivity index (χ1n) is 6.78. The Morgan fingerprint density at radius 3 is 2.78 bits per heavy atom. The molecule has 2 fully saturated rings. The monoisotopic (exact) mass is 254 g/mol. The third kappa shape index (κ3) is 3.02. The van der Waals surface area contributed by atoms with Crippen LogP contribution in [0.5, 0.6) is 0 Å². The summed E-state index contributed by atoms with van der Waals surface area (Å²) >= 11 is 0. The van der Waals surface area contributed by atoms with Crippen LogP contribution in [0.25, 0.3) is 0 Å². The van der Waals surface area contributed by atoms with E-state index < -0.39 is 5.97 Å². The summed E-state index contributed by atoms with van der Waals surface area (Å²) in [5, 5.41) is 8.72. The van der Waals surface area contributed by atoms with Crippen LogP contribution >= 0.6 is 0 Å². The van der Waals surface area contributed by atoms with Crippen molar-refractivity contribution >= 4 is 11.9 Å². The number of aliphatic carboxylic acids is 1. The fourth-order valence-electron chi connectivity index (χ4n) is 3.09. The van der Waals surface area contributed by atoms with E-state index in [4.69, 9.17) is 5.11 Å². The quantitative estimate of drug-likeness (QED) is 0.806. The van der Waals surface area contributed by atoms with Gasteiger partial charge in [-0.3, -0.25) is 14.5 Å². The average Bonchev–Trinajstić information content (AvgIpc) is 2.68. The highest BCUT2D eigenvalue weighted by Gasteiger charge is 2.36. The molecule has 5 heteroatoms. The third-order valence-electron chi connectivity index (χ3n) is 4.16. The third-order valence-corrected chi connectivity index (χ3v) is 4.16. The maximum absolute atomic E-state index is 12.0. The van der Waals surface area contributed by atoms with Gasteiger partial charge in [-0.25, -0.2) is 0 Å². The van der Waals surface area contributed by atoms with E-state index >= 15 is 0 Å². The fraction of sp³-hybridized carbons (Fsp3) is 0.846. The highest BCUT2D eigenvalue weighted by molar-refractivity contribution is 5.83. The Balaban J connectivity index is 1.86. The molecule has 0 bridgehead atoms. The van der Waals surface area contributed by atoms with Crippen molar-refractivity contribution in [2.24, 2.45) is 5.92 Å². The van der Waals surface area contributed by atoms with Gasteiger partial charge in [0.1, 0.15) is 0 Å². The van der Waals surface area contributed by atoms with Gasteiger partial charge in [-0.2, -0.15) is 0 Å². The summed E-state index contributed by atoms with van der Waals surface area (Å²) in [5.74, 6) is -0.0498. The fourth-order valence-corrected chi connectivity index (χ4v) is 3.09. The Hall–Kier alpha value is -1.10. The molecule has 2 atom stereocenters. The zero-order valence-corrected chi connectivity index (χ0v) is 11.0. The molecular weight excluding hydrogens is 232 g/mol. The van der Waals surface area contributed by atoms with E-state index in [1.54, 1.807) is 4.90 Å². The zero-order chi connectivity index (χ0) is 13.1. The Labute approximate surface area is 108 Å². The van der Waals surface area contributed by atoms with E-state index in [-0.39, 0.29) is 18.4 Å². The van der Waals surface area contributed by atoms with Crippen molar-refractivity contribution in [1.29, 1.82) is 0 Å². The number of hydrogen-bond acceptors (Lipinski definition) is 3. The number of carbonyl (C=O) groups excluding carboxylic acids is 1. The number of carbonyl (C=O) groups is 2. The van der Waals surface area contributed by atoms with Crippen LogP contribution in [0.2, 0.25) is 0 Å².